The Hall–Kier alpha value is -0.970. The van der Waals surface area contributed by atoms with Crippen molar-refractivity contribution >= 4 is 5.91 Å². The van der Waals surface area contributed by atoms with E-state index in [1.54, 1.807) is 6.92 Å². The maximum Gasteiger partial charge on any atom is 0.298 e. The third-order valence-corrected chi connectivity index (χ3v) is 2.66. The summed E-state index contributed by atoms with van der Waals surface area (Å²) >= 11 is 0. The third-order valence-electron chi connectivity index (χ3n) is 2.66. The minimum Gasteiger partial charge on any atom is -0.326 e. The first-order valence-electron chi connectivity index (χ1n) is 4.92. The van der Waals surface area contributed by atoms with Gasteiger partial charge in [0.1, 0.15) is 0 Å². The number of piperidine rings is 1. The molecule has 1 aliphatic heterocycles. The molecule has 1 heterocycles. The number of carbonyl (C=O) groups excluding carboxylic acids is 1. The van der Waals surface area contributed by atoms with Crippen LogP contribution in [0.1, 0.15) is 40.0 Å². The van der Waals surface area contributed by atoms with Gasteiger partial charge >= 0.3 is 0 Å². The summed E-state index contributed by atoms with van der Waals surface area (Å²) in [6, 6.07) is 0.717. The number of likely N-dealkylation sites (tertiary alicyclic amines) is 1. The zero-order chi connectivity index (χ0) is 9.84. The van der Waals surface area contributed by atoms with E-state index in [-0.39, 0.29) is 5.91 Å². The second kappa shape index (κ2) is 4.32. The van der Waals surface area contributed by atoms with Crippen LogP contribution in [0.25, 0.3) is 0 Å². The third kappa shape index (κ3) is 2.24. The van der Waals surface area contributed by atoms with Gasteiger partial charge in [-0.15, -0.1) is 0 Å². The van der Waals surface area contributed by atoms with E-state index in [9.17, 15) is 4.79 Å². The zero-order valence-corrected chi connectivity index (χ0v) is 8.63. The zero-order valence-electron chi connectivity index (χ0n) is 8.63. The van der Waals surface area contributed by atoms with Crippen LogP contribution in [0.15, 0.2) is 0 Å². The van der Waals surface area contributed by atoms with Crippen molar-refractivity contribution < 1.29 is 4.79 Å². The van der Waals surface area contributed by atoms with Crippen LogP contribution in [0.5, 0.6) is 0 Å². The van der Waals surface area contributed by atoms with Gasteiger partial charge in [-0.3, -0.25) is 4.79 Å². The summed E-state index contributed by atoms with van der Waals surface area (Å²) in [4.78, 5) is 13.5. The van der Waals surface area contributed by atoms with Gasteiger partial charge in [0.25, 0.3) is 5.91 Å². The Morgan fingerprint density at radius 1 is 1.31 bits per heavy atom. The van der Waals surface area contributed by atoms with Gasteiger partial charge in [-0.05, 0) is 46.0 Å². The lowest BCUT2D eigenvalue weighted by Crippen LogP contribution is -2.46. The summed E-state index contributed by atoms with van der Waals surface area (Å²) in [5.41, 5.74) is 0. The molecule has 2 atom stereocenters. The Bertz CT molecular complexity index is 239. The monoisotopic (exact) mass is 179 g/mol. The molecule has 0 aromatic heterocycles. The molecule has 1 rings (SSSR count). The molecule has 1 fully saturated rings. The lowest BCUT2D eigenvalue weighted by Gasteiger charge is -2.37. The topological polar surface area (TPSA) is 20.3 Å². The summed E-state index contributed by atoms with van der Waals surface area (Å²) in [6.45, 7) is 5.91. The Balaban J connectivity index is 2.71. The molecule has 0 aliphatic carbocycles. The smallest absolute Gasteiger partial charge is 0.298 e. The molecule has 0 N–H and O–H groups in total. The van der Waals surface area contributed by atoms with E-state index >= 15 is 0 Å². The van der Waals surface area contributed by atoms with Gasteiger partial charge in [0.05, 0.1) is 0 Å². The number of carbonyl (C=O) groups is 1. The highest BCUT2D eigenvalue weighted by atomic mass is 16.2. The highest BCUT2D eigenvalue weighted by Gasteiger charge is 2.27. The summed E-state index contributed by atoms with van der Waals surface area (Å²) in [5, 5.41) is 0. The van der Waals surface area contributed by atoms with Crippen molar-refractivity contribution in [3.8, 4) is 11.8 Å². The number of hydrogen-bond donors (Lipinski definition) is 0. The molecule has 2 nitrogen and oxygen atoms in total. The van der Waals surface area contributed by atoms with Crippen molar-refractivity contribution in [2.24, 2.45) is 0 Å². The van der Waals surface area contributed by atoms with Crippen LogP contribution in [0, 0.1) is 11.8 Å². The predicted octanol–water partition coefficient (Wildman–Crippen LogP) is 1.80. The Morgan fingerprint density at radius 3 is 2.31 bits per heavy atom. The first-order valence-corrected chi connectivity index (χ1v) is 4.92. The Kier molecular flexibility index (Phi) is 3.36. The molecule has 2 heteroatoms. The van der Waals surface area contributed by atoms with Gasteiger partial charge in [0, 0.05) is 12.1 Å². The molecule has 0 spiro atoms. The molecule has 0 saturated carbocycles. The van der Waals surface area contributed by atoms with E-state index < -0.39 is 0 Å². The van der Waals surface area contributed by atoms with E-state index in [1.807, 2.05) is 4.90 Å². The van der Waals surface area contributed by atoms with Crippen LogP contribution in [0.3, 0.4) is 0 Å². The van der Waals surface area contributed by atoms with Crippen molar-refractivity contribution in [1.29, 1.82) is 0 Å². The van der Waals surface area contributed by atoms with Crippen LogP contribution in [0.4, 0.5) is 0 Å². The highest BCUT2D eigenvalue weighted by molar-refractivity contribution is 5.93. The lowest BCUT2D eigenvalue weighted by atomic mass is 9.97. The van der Waals surface area contributed by atoms with Crippen LogP contribution in [-0.2, 0) is 4.79 Å². The number of rotatable bonds is 0. The quantitative estimate of drug-likeness (QED) is 0.519. The molecular formula is C11H17NO. The first kappa shape index (κ1) is 10.1. The van der Waals surface area contributed by atoms with E-state index in [0.29, 0.717) is 12.1 Å². The van der Waals surface area contributed by atoms with Crippen LogP contribution in [-0.4, -0.2) is 22.9 Å². The Labute approximate surface area is 80.3 Å². The van der Waals surface area contributed by atoms with Gasteiger partial charge < -0.3 is 4.90 Å². The second-order valence-corrected chi connectivity index (χ2v) is 3.72. The molecule has 0 radical (unpaired) electrons. The van der Waals surface area contributed by atoms with Crippen molar-refractivity contribution in [2.45, 2.75) is 52.1 Å². The fourth-order valence-electron chi connectivity index (χ4n) is 1.99. The second-order valence-electron chi connectivity index (χ2n) is 3.72. The number of nitrogens with zero attached hydrogens (tertiary/aromatic N) is 1. The van der Waals surface area contributed by atoms with Crippen molar-refractivity contribution in [3.63, 3.8) is 0 Å². The van der Waals surface area contributed by atoms with Gasteiger partial charge in [-0.1, -0.05) is 5.92 Å². The SMILES string of the molecule is CC#CC(=O)N1[C@H](C)CCC[C@H]1C. The number of hydrogen-bond acceptors (Lipinski definition) is 1. The van der Waals surface area contributed by atoms with E-state index in [2.05, 4.69) is 25.7 Å². The Morgan fingerprint density at radius 2 is 1.85 bits per heavy atom. The maximum absolute atomic E-state index is 11.6. The lowest BCUT2D eigenvalue weighted by molar-refractivity contribution is -0.130. The summed E-state index contributed by atoms with van der Waals surface area (Å²) in [5.74, 6) is 5.27. The average Bonchev–Trinajstić information content (AvgIpc) is 2.04. The minimum absolute atomic E-state index is 0.0119. The maximum atomic E-state index is 11.6. The molecular weight excluding hydrogens is 162 g/mol. The number of amides is 1. The molecule has 1 amide bonds. The molecule has 72 valence electrons. The van der Waals surface area contributed by atoms with Gasteiger partial charge in [0.2, 0.25) is 0 Å². The van der Waals surface area contributed by atoms with E-state index in [1.165, 1.54) is 6.42 Å². The van der Waals surface area contributed by atoms with Crippen molar-refractivity contribution in [3.05, 3.63) is 0 Å². The molecule has 1 saturated heterocycles. The molecule has 0 bridgehead atoms. The standard InChI is InChI=1S/C11H17NO/c1-4-6-11(13)12-9(2)7-5-8-10(12)3/h9-10H,5,7-8H2,1-3H3/t9-,10-/m1/s1. The van der Waals surface area contributed by atoms with E-state index in [0.717, 1.165) is 12.8 Å². The van der Waals surface area contributed by atoms with Crippen molar-refractivity contribution in [2.75, 3.05) is 0 Å². The summed E-state index contributed by atoms with van der Waals surface area (Å²) < 4.78 is 0. The summed E-state index contributed by atoms with van der Waals surface area (Å²) in [7, 11) is 0. The van der Waals surface area contributed by atoms with Gasteiger partial charge in [-0.2, -0.15) is 0 Å². The normalized spacial score (nSPS) is 27.8. The predicted molar refractivity (Wildman–Crippen MR) is 53.1 cm³/mol. The van der Waals surface area contributed by atoms with Gasteiger partial charge in [-0.25, -0.2) is 0 Å². The highest BCUT2D eigenvalue weighted by Crippen LogP contribution is 2.22. The fraction of sp³-hybridized carbons (Fsp3) is 0.727. The molecule has 0 unspecified atom stereocenters. The fourth-order valence-corrected chi connectivity index (χ4v) is 1.99. The van der Waals surface area contributed by atoms with Crippen LogP contribution < -0.4 is 0 Å². The van der Waals surface area contributed by atoms with Gasteiger partial charge in [0.15, 0.2) is 0 Å². The van der Waals surface area contributed by atoms with Crippen molar-refractivity contribution in [1.82, 2.24) is 4.90 Å². The molecule has 1 aliphatic rings. The van der Waals surface area contributed by atoms with Crippen LogP contribution >= 0.6 is 0 Å². The minimum atomic E-state index is -0.0119. The van der Waals surface area contributed by atoms with Crippen LogP contribution in [0.2, 0.25) is 0 Å². The molecule has 0 aromatic rings. The molecule has 13 heavy (non-hydrogen) atoms. The van der Waals surface area contributed by atoms with E-state index in [4.69, 9.17) is 0 Å². The average molecular weight is 179 g/mol. The first-order chi connectivity index (χ1) is 6.16. The largest absolute Gasteiger partial charge is 0.326 e. The summed E-state index contributed by atoms with van der Waals surface area (Å²) in [6.07, 6.45) is 3.45. The molecule has 0 aromatic carbocycles.